The van der Waals surface area contributed by atoms with Crippen molar-refractivity contribution in [3.8, 4) is 0 Å². The molecule has 23 heavy (non-hydrogen) atoms. The Morgan fingerprint density at radius 3 is 2.57 bits per heavy atom. The monoisotopic (exact) mass is 313 g/mol. The fraction of sp³-hybridized carbons (Fsp3) is 0.235. The van der Waals surface area contributed by atoms with Gasteiger partial charge in [0.1, 0.15) is 6.04 Å². The molecule has 2 aromatic rings. The minimum atomic E-state index is -0.498. The largest absolute Gasteiger partial charge is 0.374 e. The summed E-state index contributed by atoms with van der Waals surface area (Å²) in [6.07, 6.45) is 0. The molecular formula is C17H19N3O3. The van der Waals surface area contributed by atoms with E-state index >= 15 is 0 Å². The molecule has 2 N–H and O–H groups in total. The number of benzene rings is 2. The zero-order valence-electron chi connectivity index (χ0n) is 13.1. The summed E-state index contributed by atoms with van der Waals surface area (Å²) >= 11 is 0. The highest BCUT2D eigenvalue weighted by atomic mass is 16.6. The van der Waals surface area contributed by atoms with Crippen molar-refractivity contribution in [3.63, 3.8) is 0 Å². The van der Waals surface area contributed by atoms with E-state index < -0.39 is 11.0 Å². The lowest BCUT2D eigenvalue weighted by atomic mass is 10.1. The molecule has 1 atom stereocenters. The van der Waals surface area contributed by atoms with Gasteiger partial charge in [-0.2, -0.15) is 0 Å². The molecule has 0 radical (unpaired) electrons. The average molecular weight is 313 g/mol. The van der Waals surface area contributed by atoms with Crippen molar-refractivity contribution in [2.45, 2.75) is 26.4 Å². The van der Waals surface area contributed by atoms with E-state index in [9.17, 15) is 14.9 Å². The second kappa shape index (κ2) is 7.40. The zero-order chi connectivity index (χ0) is 16.8. The third kappa shape index (κ3) is 4.81. The second-order valence-corrected chi connectivity index (χ2v) is 5.38. The topological polar surface area (TPSA) is 84.3 Å². The number of anilines is 1. The van der Waals surface area contributed by atoms with Crippen molar-refractivity contribution in [2.24, 2.45) is 0 Å². The van der Waals surface area contributed by atoms with Gasteiger partial charge >= 0.3 is 0 Å². The van der Waals surface area contributed by atoms with Crippen molar-refractivity contribution in [2.75, 3.05) is 5.32 Å². The number of carbonyl (C=O) groups is 1. The Bertz CT molecular complexity index is 698. The summed E-state index contributed by atoms with van der Waals surface area (Å²) in [5, 5.41) is 16.6. The van der Waals surface area contributed by atoms with E-state index in [0.717, 1.165) is 5.56 Å². The van der Waals surface area contributed by atoms with Gasteiger partial charge in [0.2, 0.25) is 5.91 Å². The first-order chi connectivity index (χ1) is 11.0. The predicted molar refractivity (Wildman–Crippen MR) is 89.2 cm³/mol. The number of nitro groups is 1. The smallest absolute Gasteiger partial charge is 0.271 e. The molecule has 0 fully saturated rings. The lowest BCUT2D eigenvalue weighted by Gasteiger charge is -2.15. The zero-order valence-corrected chi connectivity index (χ0v) is 13.1. The molecule has 1 amide bonds. The molecule has 0 spiro atoms. The normalized spacial score (nSPS) is 11.6. The predicted octanol–water partition coefficient (Wildman–Crippen LogP) is 3.02. The molecule has 0 aliphatic rings. The molecule has 0 heterocycles. The van der Waals surface area contributed by atoms with Crippen LogP contribution in [-0.2, 0) is 11.3 Å². The van der Waals surface area contributed by atoms with Gasteiger partial charge in [-0.25, -0.2) is 0 Å². The maximum absolute atomic E-state index is 12.1. The lowest BCUT2D eigenvalue weighted by Crippen LogP contribution is -2.37. The van der Waals surface area contributed by atoms with Gasteiger partial charge in [-0.1, -0.05) is 35.9 Å². The second-order valence-electron chi connectivity index (χ2n) is 5.38. The molecule has 0 aliphatic heterocycles. The maximum atomic E-state index is 12.1. The summed E-state index contributed by atoms with van der Waals surface area (Å²) in [6.45, 7) is 4.16. The van der Waals surface area contributed by atoms with Crippen molar-refractivity contribution < 1.29 is 9.72 Å². The third-order valence-electron chi connectivity index (χ3n) is 3.42. The third-order valence-corrected chi connectivity index (χ3v) is 3.42. The number of rotatable bonds is 6. The fourth-order valence-electron chi connectivity index (χ4n) is 2.07. The van der Waals surface area contributed by atoms with Crippen LogP contribution >= 0.6 is 0 Å². The van der Waals surface area contributed by atoms with Crippen LogP contribution in [0.2, 0.25) is 0 Å². The molecule has 0 aromatic heterocycles. The number of nitrogens with zero attached hydrogens (tertiary/aromatic N) is 1. The highest BCUT2D eigenvalue weighted by Gasteiger charge is 2.13. The van der Waals surface area contributed by atoms with E-state index in [2.05, 4.69) is 10.6 Å². The highest BCUT2D eigenvalue weighted by molar-refractivity contribution is 5.84. The number of nitro benzene ring substituents is 1. The van der Waals surface area contributed by atoms with Gasteiger partial charge in [0.05, 0.1) is 4.92 Å². The Morgan fingerprint density at radius 1 is 1.22 bits per heavy atom. The number of amides is 1. The van der Waals surface area contributed by atoms with Crippen LogP contribution in [-0.4, -0.2) is 16.9 Å². The molecule has 6 heteroatoms. The molecule has 0 aliphatic carbocycles. The van der Waals surface area contributed by atoms with Crippen LogP contribution in [0.15, 0.2) is 48.5 Å². The average Bonchev–Trinajstić information content (AvgIpc) is 2.54. The van der Waals surface area contributed by atoms with E-state index in [4.69, 9.17) is 0 Å². The minimum absolute atomic E-state index is 0.0118. The number of nitrogens with one attached hydrogen (secondary N) is 2. The molecule has 2 aromatic carbocycles. The van der Waals surface area contributed by atoms with Crippen molar-refractivity contribution >= 4 is 17.3 Å². The molecule has 0 unspecified atom stereocenters. The van der Waals surface area contributed by atoms with E-state index in [1.807, 2.05) is 31.2 Å². The van der Waals surface area contributed by atoms with Crippen molar-refractivity contribution in [1.29, 1.82) is 0 Å². The first-order valence-electron chi connectivity index (χ1n) is 7.30. The number of hydrogen-bond donors (Lipinski definition) is 2. The summed E-state index contributed by atoms with van der Waals surface area (Å²) < 4.78 is 0. The van der Waals surface area contributed by atoms with Crippen LogP contribution in [0.1, 0.15) is 18.1 Å². The summed E-state index contributed by atoms with van der Waals surface area (Å²) in [6, 6.07) is 13.5. The van der Waals surface area contributed by atoms with Gasteiger partial charge in [-0.05, 0) is 25.5 Å². The Kier molecular flexibility index (Phi) is 5.30. The Hall–Kier alpha value is -2.89. The molecule has 2 rings (SSSR count). The summed E-state index contributed by atoms with van der Waals surface area (Å²) in [7, 11) is 0. The van der Waals surface area contributed by atoms with Crippen LogP contribution in [0.4, 0.5) is 11.4 Å². The van der Waals surface area contributed by atoms with E-state index in [0.29, 0.717) is 12.2 Å². The fourth-order valence-corrected chi connectivity index (χ4v) is 2.07. The Balaban J connectivity index is 1.90. The van der Waals surface area contributed by atoms with Crippen molar-refractivity contribution in [1.82, 2.24) is 5.32 Å². The Labute approximate surface area is 134 Å². The summed E-state index contributed by atoms with van der Waals surface area (Å²) in [5.41, 5.74) is 2.71. The molecule has 6 nitrogen and oxygen atoms in total. The first-order valence-corrected chi connectivity index (χ1v) is 7.30. The maximum Gasteiger partial charge on any atom is 0.271 e. The summed E-state index contributed by atoms with van der Waals surface area (Å²) in [4.78, 5) is 22.4. The number of non-ortho nitro benzene ring substituents is 1. The van der Waals surface area contributed by atoms with Crippen LogP contribution in [0, 0.1) is 17.0 Å². The lowest BCUT2D eigenvalue weighted by molar-refractivity contribution is -0.384. The van der Waals surface area contributed by atoms with Crippen LogP contribution < -0.4 is 10.6 Å². The van der Waals surface area contributed by atoms with Gasteiger partial charge in [0, 0.05) is 24.4 Å². The van der Waals surface area contributed by atoms with Crippen LogP contribution in [0.5, 0.6) is 0 Å². The summed E-state index contributed by atoms with van der Waals surface area (Å²) in [5.74, 6) is -0.169. The molecular weight excluding hydrogens is 294 g/mol. The molecule has 0 saturated heterocycles. The van der Waals surface area contributed by atoms with Gasteiger partial charge < -0.3 is 10.6 Å². The minimum Gasteiger partial charge on any atom is -0.374 e. The van der Waals surface area contributed by atoms with E-state index in [1.54, 1.807) is 19.1 Å². The van der Waals surface area contributed by atoms with Gasteiger partial charge in [0.25, 0.3) is 5.69 Å². The van der Waals surface area contributed by atoms with Crippen LogP contribution in [0.3, 0.4) is 0 Å². The Morgan fingerprint density at radius 2 is 1.91 bits per heavy atom. The first kappa shape index (κ1) is 16.5. The van der Waals surface area contributed by atoms with E-state index in [1.165, 1.54) is 17.7 Å². The molecule has 0 saturated carbocycles. The van der Waals surface area contributed by atoms with Crippen LogP contribution in [0.25, 0.3) is 0 Å². The quantitative estimate of drug-likeness (QED) is 0.634. The highest BCUT2D eigenvalue weighted by Crippen LogP contribution is 2.17. The van der Waals surface area contributed by atoms with Gasteiger partial charge in [0.15, 0.2) is 0 Å². The number of hydrogen-bond acceptors (Lipinski definition) is 4. The number of aryl methyl sites for hydroxylation is 1. The number of carbonyl (C=O) groups excluding carboxylic acids is 1. The van der Waals surface area contributed by atoms with Gasteiger partial charge in [-0.15, -0.1) is 0 Å². The van der Waals surface area contributed by atoms with Gasteiger partial charge in [-0.3, -0.25) is 14.9 Å². The van der Waals surface area contributed by atoms with Crippen molar-refractivity contribution in [3.05, 3.63) is 69.8 Å². The molecule has 0 bridgehead atoms. The standard InChI is InChI=1S/C17H19N3O3/c1-12-6-8-14(9-7-12)11-18-17(21)13(2)19-15-4-3-5-16(10-15)20(22)23/h3-10,13,19H,11H2,1-2H3,(H,18,21)/t13-/m1/s1. The van der Waals surface area contributed by atoms with E-state index in [-0.39, 0.29) is 11.6 Å². The SMILES string of the molecule is Cc1ccc(CNC(=O)[C@@H](C)Nc2cccc([N+](=O)[O-])c2)cc1. The molecule has 120 valence electrons.